The zero-order valence-electron chi connectivity index (χ0n) is 22.8. The van der Waals surface area contributed by atoms with E-state index in [0.29, 0.717) is 30.1 Å². The Hall–Kier alpha value is -3.21. The SMILES string of the molecule is Cc1cnc(Nc2ccc(OCCN3CCCC3C)cc2)nc1Nc1cccc(S(=O)(=O)NC(C)(C)C)c1. The molecule has 4 rings (SSSR count). The first-order valence-corrected chi connectivity index (χ1v) is 14.5. The van der Waals surface area contributed by atoms with E-state index in [1.807, 2.05) is 52.0 Å². The minimum Gasteiger partial charge on any atom is -0.492 e. The highest BCUT2D eigenvalue weighted by molar-refractivity contribution is 7.89. The third-order valence-electron chi connectivity index (χ3n) is 6.27. The first-order valence-electron chi connectivity index (χ1n) is 13.0. The standard InChI is InChI=1S/C28H38N6O3S/c1-20-19-29-27(31-22-11-13-24(14-12-22)37-17-16-34-15-7-8-21(34)2)32-26(20)30-23-9-6-10-25(18-23)38(35,36)33-28(3,4)5/h6,9-14,18-19,21,33H,7-8,15-17H2,1-5H3,(H2,29,30,31,32). The molecule has 1 aliphatic heterocycles. The summed E-state index contributed by atoms with van der Waals surface area (Å²) in [5.74, 6) is 1.83. The normalized spacial score (nSPS) is 16.4. The average molecular weight is 539 g/mol. The van der Waals surface area contributed by atoms with Gasteiger partial charge in [0.15, 0.2) is 0 Å². The van der Waals surface area contributed by atoms with E-state index in [9.17, 15) is 8.42 Å². The average Bonchev–Trinajstić information content (AvgIpc) is 3.25. The number of rotatable bonds is 10. The molecule has 0 amide bonds. The highest BCUT2D eigenvalue weighted by Crippen LogP contribution is 2.24. The number of nitrogens with zero attached hydrogens (tertiary/aromatic N) is 3. The smallest absolute Gasteiger partial charge is 0.241 e. The molecule has 9 nitrogen and oxygen atoms in total. The van der Waals surface area contributed by atoms with Gasteiger partial charge in [0.2, 0.25) is 16.0 Å². The number of benzene rings is 2. The number of aromatic nitrogens is 2. The molecular formula is C28H38N6O3S. The Morgan fingerprint density at radius 1 is 1.08 bits per heavy atom. The summed E-state index contributed by atoms with van der Waals surface area (Å²) < 4.78 is 34.1. The van der Waals surface area contributed by atoms with Crippen LogP contribution in [0, 0.1) is 6.92 Å². The molecule has 1 aliphatic rings. The topological polar surface area (TPSA) is 108 Å². The van der Waals surface area contributed by atoms with Crippen molar-refractivity contribution in [3.05, 3.63) is 60.3 Å². The lowest BCUT2D eigenvalue weighted by Crippen LogP contribution is -2.40. The van der Waals surface area contributed by atoms with E-state index in [1.165, 1.54) is 12.8 Å². The lowest BCUT2D eigenvalue weighted by molar-refractivity contribution is 0.204. The van der Waals surface area contributed by atoms with Crippen LogP contribution in [0.25, 0.3) is 0 Å². The fourth-order valence-corrected chi connectivity index (χ4v) is 5.80. The number of anilines is 4. The summed E-state index contributed by atoms with van der Waals surface area (Å²) in [5, 5.41) is 6.45. The second-order valence-corrected chi connectivity index (χ2v) is 12.4. The number of hydrogen-bond acceptors (Lipinski definition) is 8. The molecule has 0 saturated carbocycles. The predicted octanol–water partition coefficient (Wildman–Crippen LogP) is 5.21. The van der Waals surface area contributed by atoms with E-state index >= 15 is 0 Å². The van der Waals surface area contributed by atoms with Crippen molar-refractivity contribution in [2.24, 2.45) is 0 Å². The van der Waals surface area contributed by atoms with Gasteiger partial charge in [-0.25, -0.2) is 18.1 Å². The minimum atomic E-state index is -3.66. The summed E-state index contributed by atoms with van der Waals surface area (Å²) in [5.41, 5.74) is 1.69. The molecule has 204 valence electrons. The third kappa shape index (κ3) is 7.66. The van der Waals surface area contributed by atoms with Crippen molar-refractivity contribution in [1.29, 1.82) is 0 Å². The number of aryl methyl sites for hydroxylation is 1. The van der Waals surface area contributed by atoms with Crippen LogP contribution >= 0.6 is 0 Å². The molecule has 2 heterocycles. The molecule has 1 saturated heterocycles. The van der Waals surface area contributed by atoms with E-state index in [0.717, 1.165) is 30.1 Å². The number of ether oxygens (including phenoxy) is 1. The van der Waals surface area contributed by atoms with Crippen molar-refractivity contribution in [2.75, 3.05) is 30.3 Å². The molecule has 10 heteroatoms. The molecule has 1 atom stereocenters. The van der Waals surface area contributed by atoms with Gasteiger partial charge >= 0.3 is 0 Å². The van der Waals surface area contributed by atoms with Crippen LogP contribution in [-0.2, 0) is 10.0 Å². The summed E-state index contributed by atoms with van der Waals surface area (Å²) in [6.07, 6.45) is 4.25. The van der Waals surface area contributed by atoms with Gasteiger partial charge in [0.25, 0.3) is 0 Å². The number of likely N-dealkylation sites (tertiary alicyclic amines) is 1. The van der Waals surface area contributed by atoms with Gasteiger partial charge in [-0.2, -0.15) is 4.98 Å². The highest BCUT2D eigenvalue weighted by atomic mass is 32.2. The highest BCUT2D eigenvalue weighted by Gasteiger charge is 2.22. The molecule has 0 aliphatic carbocycles. The zero-order chi connectivity index (χ0) is 27.3. The van der Waals surface area contributed by atoms with Crippen molar-refractivity contribution in [1.82, 2.24) is 19.6 Å². The van der Waals surface area contributed by atoms with Gasteiger partial charge in [-0.1, -0.05) is 6.07 Å². The Labute approximate surface area is 226 Å². The summed E-state index contributed by atoms with van der Waals surface area (Å²) in [6.45, 7) is 12.3. The first kappa shape index (κ1) is 27.8. The molecule has 2 aromatic carbocycles. The van der Waals surface area contributed by atoms with Crippen LogP contribution in [0.5, 0.6) is 5.75 Å². The molecule has 1 fully saturated rings. The van der Waals surface area contributed by atoms with Crippen LogP contribution < -0.4 is 20.1 Å². The van der Waals surface area contributed by atoms with E-state index in [1.54, 1.807) is 30.5 Å². The largest absolute Gasteiger partial charge is 0.492 e. The van der Waals surface area contributed by atoms with Crippen molar-refractivity contribution in [3.63, 3.8) is 0 Å². The van der Waals surface area contributed by atoms with Crippen molar-refractivity contribution < 1.29 is 13.2 Å². The molecule has 0 spiro atoms. The second-order valence-electron chi connectivity index (χ2n) is 10.8. The summed E-state index contributed by atoms with van der Waals surface area (Å²) >= 11 is 0. The fourth-order valence-electron chi connectivity index (χ4n) is 4.34. The van der Waals surface area contributed by atoms with Crippen molar-refractivity contribution in [3.8, 4) is 5.75 Å². The molecule has 38 heavy (non-hydrogen) atoms. The summed E-state index contributed by atoms with van der Waals surface area (Å²) in [4.78, 5) is 11.6. The molecular weight excluding hydrogens is 500 g/mol. The Kier molecular flexibility index (Phi) is 8.54. The van der Waals surface area contributed by atoms with Crippen LogP contribution in [0.1, 0.15) is 46.1 Å². The van der Waals surface area contributed by atoms with E-state index in [4.69, 9.17) is 4.74 Å². The molecule has 0 bridgehead atoms. The maximum absolute atomic E-state index is 12.7. The van der Waals surface area contributed by atoms with Gasteiger partial charge in [0.05, 0.1) is 4.90 Å². The maximum atomic E-state index is 12.7. The van der Waals surface area contributed by atoms with Crippen LogP contribution in [0.15, 0.2) is 59.6 Å². The summed E-state index contributed by atoms with van der Waals surface area (Å²) in [7, 11) is -3.66. The lowest BCUT2D eigenvalue weighted by Gasteiger charge is -2.20. The quantitative estimate of drug-likeness (QED) is 0.323. The molecule has 3 aromatic rings. The molecule has 3 N–H and O–H groups in total. The lowest BCUT2D eigenvalue weighted by atomic mass is 10.1. The van der Waals surface area contributed by atoms with Crippen molar-refractivity contribution >= 4 is 33.2 Å². The van der Waals surface area contributed by atoms with Gasteiger partial charge in [-0.05, 0) is 96.5 Å². The Morgan fingerprint density at radius 3 is 2.53 bits per heavy atom. The first-order chi connectivity index (χ1) is 18.0. The second kappa shape index (κ2) is 11.7. The fraction of sp³-hybridized carbons (Fsp3) is 0.429. The van der Waals surface area contributed by atoms with E-state index in [-0.39, 0.29) is 4.90 Å². The van der Waals surface area contributed by atoms with E-state index in [2.05, 4.69) is 37.1 Å². The van der Waals surface area contributed by atoms with Crippen LogP contribution in [0.4, 0.5) is 23.1 Å². The molecule has 1 aromatic heterocycles. The molecule has 1 unspecified atom stereocenters. The predicted molar refractivity (Wildman–Crippen MR) is 152 cm³/mol. The van der Waals surface area contributed by atoms with Gasteiger partial charge in [0.1, 0.15) is 18.2 Å². The summed E-state index contributed by atoms with van der Waals surface area (Å²) in [6, 6.07) is 15.0. The Bertz CT molecular complexity index is 1340. The van der Waals surface area contributed by atoms with Crippen molar-refractivity contribution in [2.45, 2.75) is 63.9 Å². The Balaban J connectivity index is 1.38. The number of hydrogen-bond donors (Lipinski definition) is 3. The van der Waals surface area contributed by atoms with E-state index < -0.39 is 15.6 Å². The van der Waals surface area contributed by atoms with Gasteiger partial charge in [-0.15, -0.1) is 0 Å². The monoisotopic (exact) mass is 538 g/mol. The number of sulfonamides is 1. The van der Waals surface area contributed by atoms with Gasteiger partial charge in [-0.3, -0.25) is 4.90 Å². The van der Waals surface area contributed by atoms with Gasteiger partial charge in [0, 0.05) is 41.3 Å². The maximum Gasteiger partial charge on any atom is 0.241 e. The third-order valence-corrected chi connectivity index (χ3v) is 8.02. The minimum absolute atomic E-state index is 0.180. The number of nitrogens with one attached hydrogen (secondary N) is 3. The Morgan fingerprint density at radius 2 is 1.84 bits per heavy atom. The van der Waals surface area contributed by atoms with Gasteiger partial charge < -0.3 is 15.4 Å². The zero-order valence-corrected chi connectivity index (χ0v) is 23.6. The van der Waals surface area contributed by atoms with Crippen LogP contribution in [0.3, 0.4) is 0 Å². The van der Waals surface area contributed by atoms with Crippen LogP contribution in [-0.4, -0.2) is 54.6 Å². The molecule has 0 radical (unpaired) electrons. The van der Waals surface area contributed by atoms with Crippen LogP contribution in [0.2, 0.25) is 0 Å².